The summed E-state index contributed by atoms with van der Waals surface area (Å²) >= 11 is 0. The number of aryl methyl sites for hydroxylation is 2. The fourth-order valence-electron chi connectivity index (χ4n) is 2.51. The molecule has 24 heavy (non-hydrogen) atoms. The van der Waals surface area contributed by atoms with E-state index >= 15 is 0 Å². The van der Waals surface area contributed by atoms with E-state index in [1.807, 2.05) is 12.2 Å². The summed E-state index contributed by atoms with van der Waals surface area (Å²) in [6.07, 6.45) is 7.21. The fraction of sp³-hybridized carbons (Fsp3) is 0.409. The van der Waals surface area contributed by atoms with Gasteiger partial charge in [-0.25, -0.2) is 0 Å². The van der Waals surface area contributed by atoms with Gasteiger partial charge in [-0.1, -0.05) is 50.3 Å². The van der Waals surface area contributed by atoms with Gasteiger partial charge in [0, 0.05) is 6.54 Å². The summed E-state index contributed by atoms with van der Waals surface area (Å²) in [6, 6.07) is 6.40. The van der Waals surface area contributed by atoms with Crippen LogP contribution in [0.1, 0.15) is 49.8 Å². The van der Waals surface area contributed by atoms with Gasteiger partial charge in [0.1, 0.15) is 0 Å². The smallest absolute Gasteiger partial charge is 0.0570 e. The summed E-state index contributed by atoms with van der Waals surface area (Å²) in [5.74, 6) is 0.184. The van der Waals surface area contributed by atoms with Crippen molar-refractivity contribution in [1.29, 1.82) is 5.41 Å². The maximum atomic E-state index is 8.38. The van der Waals surface area contributed by atoms with E-state index in [9.17, 15) is 0 Å². The summed E-state index contributed by atoms with van der Waals surface area (Å²) < 4.78 is 0. The van der Waals surface area contributed by atoms with Crippen LogP contribution in [0, 0.1) is 25.2 Å². The van der Waals surface area contributed by atoms with E-state index in [4.69, 9.17) is 5.41 Å². The van der Waals surface area contributed by atoms with Crippen molar-refractivity contribution in [3.8, 4) is 0 Å². The van der Waals surface area contributed by atoms with Gasteiger partial charge in [-0.3, -0.25) is 0 Å². The van der Waals surface area contributed by atoms with Gasteiger partial charge in [0.15, 0.2) is 0 Å². The zero-order valence-electron chi connectivity index (χ0n) is 15.7. The van der Waals surface area contributed by atoms with Crippen molar-refractivity contribution in [3.63, 3.8) is 0 Å². The van der Waals surface area contributed by atoms with Crippen molar-refractivity contribution in [2.45, 2.75) is 47.0 Å². The number of hydrogen-bond donors (Lipinski definition) is 2. The van der Waals surface area contributed by atoms with Gasteiger partial charge in [-0.2, -0.15) is 0 Å². The second-order valence-corrected chi connectivity index (χ2v) is 6.68. The summed E-state index contributed by atoms with van der Waals surface area (Å²) in [5.41, 5.74) is 6.05. The minimum atomic E-state index is 0.184. The molecule has 130 valence electrons. The van der Waals surface area contributed by atoms with Crippen LogP contribution in [0.15, 0.2) is 49.2 Å². The average molecular weight is 325 g/mol. The Morgan fingerprint density at radius 3 is 2.58 bits per heavy atom. The third-order valence-corrected chi connectivity index (χ3v) is 4.08. The zero-order valence-corrected chi connectivity index (χ0v) is 15.7. The molecule has 1 aromatic rings. The number of benzene rings is 1. The standard InChI is InChI=1S/C22H32N2/c1-7-8-9-10-13-24-21(22(23)16(2)3)15-19(6)20-14-17(4)11-12-18(20)5/h7,11-12,14-16,23-24H,1,6,8-10,13H2,2-5H3/b21-15+,23-22?. The second kappa shape index (κ2) is 9.92. The predicted octanol–water partition coefficient (Wildman–Crippen LogP) is 5.82. The summed E-state index contributed by atoms with van der Waals surface area (Å²) in [5, 5.41) is 11.8. The third kappa shape index (κ3) is 6.19. The molecule has 0 fully saturated rings. The first-order valence-electron chi connectivity index (χ1n) is 8.78. The topological polar surface area (TPSA) is 35.9 Å². The lowest BCUT2D eigenvalue weighted by atomic mass is 9.96. The minimum absolute atomic E-state index is 0.184. The van der Waals surface area contributed by atoms with E-state index in [-0.39, 0.29) is 5.92 Å². The lowest BCUT2D eigenvalue weighted by molar-refractivity contribution is 0.690. The molecule has 0 radical (unpaired) electrons. The monoisotopic (exact) mass is 324 g/mol. The van der Waals surface area contributed by atoms with Crippen LogP contribution in [0.5, 0.6) is 0 Å². The maximum Gasteiger partial charge on any atom is 0.0570 e. The first kappa shape index (κ1) is 20.0. The Kier molecular flexibility index (Phi) is 8.25. The lowest BCUT2D eigenvalue weighted by Crippen LogP contribution is -2.24. The van der Waals surface area contributed by atoms with Gasteiger partial charge in [-0.05, 0) is 61.8 Å². The highest BCUT2D eigenvalue weighted by molar-refractivity contribution is 6.00. The molecule has 2 nitrogen and oxygen atoms in total. The highest BCUT2D eigenvalue weighted by Crippen LogP contribution is 2.21. The van der Waals surface area contributed by atoms with Crippen LogP contribution in [0.3, 0.4) is 0 Å². The minimum Gasteiger partial charge on any atom is -0.384 e. The molecule has 0 heterocycles. The van der Waals surface area contributed by atoms with Crippen molar-refractivity contribution in [1.82, 2.24) is 5.32 Å². The van der Waals surface area contributed by atoms with Crippen molar-refractivity contribution in [2.75, 3.05) is 6.54 Å². The molecule has 2 N–H and O–H groups in total. The molecular formula is C22H32N2. The van der Waals surface area contributed by atoms with Crippen molar-refractivity contribution in [2.24, 2.45) is 5.92 Å². The Balaban J connectivity index is 2.93. The Hall–Kier alpha value is -2.09. The highest BCUT2D eigenvalue weighted by Gasteiger charge is 2.11. The molecule has 0 amide bonds. The van der Waals surface area contributed by atoms with Gasteiger partial charge >= 0.3 is 0 Å². The van der Waals surface area contributed by atoms with Crippen LogP contribution >= 0.6 is 0 Å². The van der Waals surface area contributed by atoms with Crippen LogP contribution in [0.2, 0.25) is 0 Å². The Morgan fingerprint density at radius 1 is 1.25 bits per heavy atom. The zero-order chi connectivity index (χ0) is 18.1. The van der Waals surface area contributed by atoms with E-state index in [1.54, 1.807) is 0 Å². The molecule has 0 saturated heterocycles. The summed E-state index contributed by atoms with van der Waals surface area (Å²) in [7, 11) is 0. The predicted molar refractivity (Wildman–Crippen MR) is 108 cm³/mol. The second-order valence-electron chi connectivity index (χ2n) is 6.68. The molecule has 0 bridgehead atoms. The molecule has 0 aliphatic heterocycles. The number of unbranched alkanes of at least 4 members (excludes halogenated alkanes) is 2. The number of rotatable bonds is 10. The van der Waals surface area contributed by atoms with E-state index in [2.05, 4.69) is 64.4 Å². The quantitative estimate of drug-likeness (QED) is 0.242. The molecular weight excluding hydrogens is 292 g/mol. The largest absolute Gasteiger partial charge is 0.384 e. The Labute approximate surface area is 147 Å². The van der Waals surface area contributed by atoms with Crippen molar-refractivity contribution in [3.05, 3.63) is 65.9 Å². The number of nitrogens with one attached hydrogen (secondary N) is 2. The first-order chi connectivity index (χ1) is 11.4. The maximum absolute atomic E-state index is 8.38. The molecule has 0 aromatic heterocycles. The van der Waals surface area contributed by atoms with Crippen LogP contribution in [-0.2, 0) is 0 Å². The van der Waals surface area contributed by atoms with Gasteiger partial charge in [0.25, 0.3) is 0 Å². The van der Waals surface area contributed by atoms with Crippen LogP contribution in [0.25, 0.3) is 5.57 Å². The molecule has 0 atom stereocenters. The number of allylic oxidation sites excluding steroid dienone is 4. The molecule has 0 spiro atoms. The van der Waals surface area contributed by atoms with E-state index in [0.717, 1.165) is 42.6 Å². The SMILES string of the molecule is C=CCCCCN/C(=C/C(=C)c1cc(C)ccc1C)C(=N)C(C)C. The van der Waals surface area contributed by atoms with Crippen molar-refractivity contribution < 1.29 is 0 Å². The van der Waals surface area contributed by atoms with Gasteiger partial charge in [0.2, 0.25) is 0 Å². The average Bonchev–Trinajstić information content (AvgIpc) is 2.54. The van der Waals surface area contributed by atoms with E-state index in [1.165, 1.54) is 11.1 Å². The Bertz CT molecular complexity index is 621. The summed E-state index contributed by atoms with van der Waals surface area (Å²) in [4.78, 5) is 0. The molecule has 1 aromatic carbocycles. The van der Waals surface area contributed by atoms with Gasteiger partial charge in [0.05, 0.1) is 11.4 Å². The van der Waals surface area contributed by atoms with Crippen LogP contribution in [-0.4, -0.2) is 12.3 Å². The number of hydrogen-bond acceptors (Lipinski definition) is 2. The Morgan fingerprint density at radius 2 is 1.96 bits per heavy atom. The van der Waals surface area contributed by atoms with Gasteiger partial charge < -0.3 is 10.7 Å². The lowest BCUT2D eigenvalue weighted by Gasteiger charge is -2.16. The first-order valence-corrected chi connectivity index (χ1v) is 8.78. The molecule has 0 aliphatic carbocycles. The molecule has 1 rings (SSSR count). The van der Waals surface area contributed by atoms with E-state index in [0.29, 0.717) is 5.71 Å². The van der Waals surface area contributed by atoms with Crippen molar-refractivity contribution >= 4 is 11.3 Å². The molecule has 0 aliphatic rings. The van der Waals surface area contributed by atoms with E-state index < -0.39 is 0 Å². The fourth-order valence-corrected chi connectivity index (χ4v) is 2.51. The normalized spacial score (nSPS) is 11.5. The summed E-state index contributed by atoms with van der Waals surface area (Å²) in [6.45, 7) is 17.2. The van der Waals surface area contributed by atoms with Gasteiger partial charge in [-0.15, -0.1) is 6.58 Å². The van der Waals surface area contributed by atoms with Crippen LogP contribution in [0.4, 0.5) is 0 Å². The third-order valence-electron chi connectivity index (χ3n) is 4.08. The highest BCUT2D eigenvalue weighted by atomic mass is 14.9. The van der Waals surface area contributed by atoms with Crippen LogP contribution < -0.4 is 5.32 Å². The molecule has 0 saturated carbocycles. The molecule has 0 unspecified atom stereocenters. The molecule has 2 heteroatoms.